The predicted molar refractivity (Wildman–Crippen MR) is 114 cm³/mol. The maximum absolute atomic E-state index is 13.0. The van der Waals surface area contributed by atoms with E-state index in [1.165, 1.54) is 24.3 Å². The molecule has 31 heavy (non-hydrogen) atoms. The van der Waals surface area contributed by atoms with Gasteiger partial charge in [0.15, 0.2) is 0 Å². The summed E-state index contributed by atoms with van der Waals surface area (Å²) >= 11 is 0. The quantitative estimate of drug-likeness (QED) is 0.676. The van der Waals surface area contributed by atoms with Gasteiger partial charge < -0.3 is 10.6 Å². The molecule has 0 atom stereocenters. The van der Waals surface area contributed by atoms with Crippen LogP contribution < -0.4 is 10.5 Å². The van der Waals surface area contributed by atoms with Gasteiger partial charge in [0.2, 0.25) is 15.9 Å². The minimum atomic E-state index is -3.82. The van der Waals surface area contributed by atoms with Crippen molar-refractivity contribution < 1.29 is 22.4 Å². The third-order valence-electron chi connectivity index (χ3n) is 5.55. The third-order valence-corrected chi connectivity index (χ3v) is 7.01. The molecule has 0 radical (unpaired) electrons. The number of aryl methyl sites for hydroxylation is 1. The van der Waals surface area contributed by atoms with Gasteiger partial charge in [-0.1, -0.05) is 18.2 Å². The molecule has 2 aromatic rings. The fraction of sp³-hybridized carbons (Fsp3) is 0.364. The molecule has 1 fully saturated rings. The SMILES string of the molecule is Cc1ccc(S(=O)(=O)NCCc2ccc(F)cc2)cc1C(=O)N1CCC(C(N)=O)CC1. The summed E-state index contributed by atoms with van der Waals surface area (Å²) in [4.78, 5) is 25.9. The number of hydrogen-bond acceptors (Lipinski definition) is 4. The Morgan fingerprint density at radius 2 is 1.77 bits per heavy atom. The van der Waals surface area contributed by atoms with Crippen LogP contribution in [0.15, 0.2) is 47.4 Å². The fourth-order valence-electron chi connectivity index (χ4n) is 3.60. The van der Waals surface area contributed by atoms with E-state index in [0.717, 1.165) is 5.56 Å². The summed E-state index contributed by atoms with van der Waals surface area (Å²) < 4.78 is 40.9. The zero-order chi connectivity index (χ0) is 22.6. The molecule has 0 aliphatic carbocycles. The number of benzene rings is 2. The molecule has 1 aliphatic heterocycles. The van der Waals surface area contributed by atoms with Gasteiger partial charge in [-0.3, -0.25) is 9.59 Å². The number of nitrogens with two attached hydrogens (primary N) is 1. The van der Waals surface area contributed by atoms with Crippen LogP contribution in [0.4, 0.5) is 4.39 Å². The molecule has 166 valence electrons. The highest BCUT2D eigenvalue weighted by molar-refractivity contribution is 7.89. The first-order valence-electron chi connectivity index (χ1n) is 10.1. The number of carbonyl (C=O) groups excluding carboxylic acids is 2. The van der Waals surface area contributed by atoms with Crippen molar-refractivity contribution in [1.82, 2.24) is 9.62 Å². The molecule has 1 heterocycles. The van der Waals surface area contributed by atoms with Gasteiger partial charge in [0.05, 0.1) is 4.90 Å². The lowest BCUT2D eigenvalue weighted by molar-refractivity contribution is -0.123. The summed E-state index contributed by atoms with van der Waals surface area (Å²) in [5.74, 6) is -1.20. The van der Waals surface area contributed by atoms with Crippen molar-refractivity contribution in [2.75, 3.05) is 19.6 Å². The molecular weight excluding hydrogens is 421 g/mol. The van der Waals surface area contributed by atoms with Crippen molar-refractivity contribution in [2.24, 2.45) is 11.7 Å². The van der Waals surface area contributed by atoms with Gasteiger partial charge in [-0.05, 0) is 61.6 Å². The first-order chi connectivity index (χ1) is 14.7. The van der Waals surface area contributed by atoms with Gasteiger partial charge in [-0.25, -0.2) is 17.5 Å². The van der Waals surface area contributed by atoms with E-state index in [9.17, 15) is 22.4 Å². The Balaban J connectivity index is 1.68. The Hall–Kier alpha value is -2.78. The Kier molecular flexibility index (Phi) is 7.07. The highest BCUT2D eigenvalue weighted by atomic mass is 32.2. The summed E-state index contributed by atoms with van der Waals surface area (Å²) in [6.07, 6.45) is 1.41. The molecule has 7 nitrogen and oxygen atoms in total. The van der Waals surface area contributed by atoms with Crippen molar-refractivity contribution in [3.8, 4) is 0 Å². The molecule has 0 saturated carbocycles. The van der Waals surface area contributed by atoms with E-state index in [-0.39, 0.29) is 35.0 Å². The molecule has 1 saturated heterocycles. The molecule has 9 heteroatoms. The number of amides is 2. The second-order valence-electron chi connectivity index (χ2n) is 7.72. The van der Waals surface area contributed by atoms with Crippen LogP contribution in [0.3, 0.4) is 0 Å². The molecule has 0 bridgehead atoms. The van der Waals surface area contributed by atoms with E-state index >= 15 is 0 Å². The van der Waals surface area contributed by atoms with E-state index in [2.05, 4.69) is 4.72 Å². The molecular formula is C22H26FN3O4S. The number of primary amides is 1. The smallest absolute Gasteiger partial charge is 0.254 e. The molecule has 0 spiro atoms. The first kappa shape index (κ1) is 22.9. The van der Waals surface area contributed by atoms with Gasteiger partial charge in [0, 0.05) is 31.1 Å². The average molecular weight is 448 g/mol. The number of rotatable bonds is 7. The number of hydrogen-bond donors (Lipinski definition) is 2. The number of sulfonamides is 1. The highest BCUT2D eigenvalue weighted by Gasteiger charge is 2.28. The topological polar surface area (TPSA) is 110 Å². The minimum absolute atomic E-state index is 0.00702. The Labute approximate surface area is 181 Å². The molecule has 2 aromatic carbocycles. The average Bonchev–Trinajstić information content (AvgIpc) is 2.75. The number of likely N-dealkylation sites (tertiary alicyclic amines) is 1. The Bertz CT molecular complexity index is 1060. The number of nitrogens with zero attached hydrogens (tertiary/aromatic N) is 1. The largest absolute Gasteiger partial charge is 0.369 e. The lowest BCUT2D eigenvalue weighted by Gasteiger charge is -2.31. The molecule has 0 aromatic heterocycles. The van der Waals surface area contributed by atoms with Crippen molar-refractivity contribution in [3.05, 3.63) is 65.0 Å². The maximum atomic E-state index is 13.0. The van der Waals surface area contributed by atoms with Crippen molar-refractivity contribution in [3.63, 3.8) is 0 Å². The second kappa shape index (κ2) is 9.57. The molecule has 2 amide bonds. The van der Waals surface area contributed by atoms with Gasteiger partial charge in [-0.15, -0.1) is 0 Å². The van der Waals surface area contributed by atoms with Crippen LogP contribution in [0.5, 0.6) is 0 Å². The summed E-state index contributed by atoms with van der Waals surface area (Å²) in [6, 6.07) is 10.3. The van der Waals surface area contributed by atoms with E-state index < -0.39 is 10.0 Å². The molecule has 0 unspecified atom stereocenters. The van der Waals surface area contributed by atoms with Gasteiger partial charge in [0.1, 0.15) is 5.82 Å². The van der Waals surface area contributed by atoms with Gasteiger partial charge in [-0.2, -0.15) is 0 Å². The second-order valence-corrected chi connectivity index (χ2v) is 9.49. The predicted octanol–water partition coefficient (Wildman–Crippen LogP) is 1.99. The highest BCUT2D eigenvalue weighted by Crippen LogP contribution is 2.22. The zero-order valence-corrected chi connectivity index (χ0v) is 18.1. The van der Waals surface area contributed by atoms with E-state index in [4.69, 9.17) is 5.73 Å². The Morgan fingerprint density at radius 1 is 1.13 bits per heavy atom. The third kappa shape index (κ3) is 5.68. The van der Waals surface area contributed by atoms with Crippen LogP contribution in [-0.2, 0) is 21.2 Å². The summed E-state index contributed by atoms with van der Waals surface area (Å²) in [5.41, 5.74) is 7.14. The zero-order valence-electron chi connectivity index (χ0n) is 17.3. The number of halogens is 1. The lowest BCUT2D eigenvalue weighted by Crippen LogP contribution is -2.42. The molecule has 3 N–H and O–H groups in total. The maximum Gasteiger partial charge on any atom is 0.254 e. The Morgan fingerprint density at radius 3 is 2.39 bits per heavy atom. The monoisotopic (exact) mass is 447 g/mol. The fourth-order valence-corrected chi connectivity index (χ4v) is 4.66. The summed E-state index contributed by atoms with van der Waals surface area (Å²) in [5, 5.41) is 0. The molecule has 1 aliphatic rings. The lowest BCUT2D eigenvalue weighted by atomic mass is 9.95. The van der Waals surface area contributed by atoms with Crippen molar-refractivity contribution >= 4 is 21.8 Å². The van der Waals surface area contributed by atoms with E-state index in [1.807, 2.05) is 0 Å². The standard InChI is InChI=1S/C22H26FN3O4S/c1-15-2-7-19(31(29,30)25-11-8-16-3-5-18(23)6-4-16)14-20(15)22(28)26-12-9-17(10-13-26)21(24)27/h2-7,14,17,25H,8-13H2,1H3,(H2,24,27). The summed E-state index contributed by atoms with van der Waals surface area (Å²) in [7, 11) is -3.82. The number of carbonyl (C=O) groups is 2. The number of nitrogens with one attached hydrogen (secondary N) is 1. The van der Waals surface area contributed by atoms with Crippen molar-refractivity contribution in [1.29, 1.82) is 0 Å². The normalized spacial score (nSPS) is 15.1. The minimum Gasteiger partial charge on any atom is -0.369 e. The van der Waals surface area contributed by atoms with Gasteiger partial charge in [0.25, 0.3) is 5.91 Å². The van der Waals surface area contributed by atoms with Crippen molar-refractivity contribution in [2.45, 2.75) is 31.1 Å². The van der Waals surface area contributed by atoms with Crippen LogP contribution in [0.25, 0.3) is 0 Å². The van der Waals surface area contributed by atoms with Crippen LogP contribution in [-0.4, -0.2) is 44.8 Å². The van der Waals surface area contributed by atoms with E-state index in [0.29, 0.717) is 43.5 Å². The first-order valence-corrected chi connectivity index (χ1v) is 11.6. The van der Waals surface area contributed by atoms with Crippen LogP contribution in [0, 0.1) is 18.7 Å². The van der Waals surface area contributed by atoms with Crippen LogP contribution in [0.1, 0.15) is 34.3 Å². The van der Waals surface area contributed by atoms with Crippen LogP contribution >= 0.6 is 0 Å². The van der Waals surface area contributed by atoms with Gasteiger partial charge >= 0.3 is 0 Å². The van der Waals surface area contributed by atoms with E-state index in [1.54, 1.807) is 30.0 Å². The number of piperidine rings is 1. The molecule has 3 rings (SSSR count). The summed E-state index contributed by atoms with van der Waals surface area (Å²) in [6.45, 7) is 2.70. The van der Waals surface area contributed by atoms with Crippen LogP contribution in [0.2, 0.25) is 0 Å².